The number of para-hydroxylation sites is 1. The lowest BCUT2D eigenvalue weighted by atomic mass is 9.86. The summed E-state index contributed by atoms with van der Waals surface area (Å²) >= 11 is 0. The smallest absolute Gasteiger partial charge is 0.291 e. The molecule has 5 nitrogen and oxygen atoms in total. The number of carbonyl (C=O) groups excluding carboxylic acids is 1. The van der Waals surface area contributed by atoms with Crippen LogP contribution in [0.15, 0.2) is 82.3 Å². The number of fused-ring (bicyclic) bond motifs is 2. The van der Waals surface area contributed by atoms with Gasteiger partial charge in [-0.1, -0.05) is 57.2 Å². The molecule has 1 aliphatic rings. The normalized spacial score (nSPS) is 15.9. The van der Waals surface area contributed by atoms with Crippen molar-refractivity contribution in [2.75, 3.05) is 0 Å². The Morgan fingerprint density at radius 3 is 2.31 bits per heavy atom. The number of hydrogen-bond donors (Lipinski definition) is 0. The van der Waals surface area contributed by atoms with E-state index in [-0.39, 0.29) is 22.5 Å². The Balaban J connectivity index is 1.69. The molecule has 1 unspecified atom stereocenters. The Hall–Kier alpha value is -3.73. The molecule has 0 aliphatic carbocycles. The second-order valence-corrected chi connectivity index (χ2v) is 9.23. The van der Waals surface area contributed by atoms with Crippen LogP contribution in [0.4, 0.5) is 0 Å². The largest absolute Gasteiger partial charge is 0.450 e. The maximum Gasteiger partial charge on any atom is 0.291 e. The fraction of sp³-hybridized carbons (Fsp3) is 0.222. The van der Waals surface area contributed by atoms with Crippen LogP contribution in [0, 0.1) is 0 Å². The van der Waals surface area contributed by atoms with Crippen molar-refractivity contribution in [1.82, 2.24) is 9.88 Å². The number of carbonyl (C=O) groups is 1. The van der Waals surface area contributed by atoms with E-state index in [2.05, 4.69) is 37.9 Å². The summed E-state index contributed by atoms with van der Waals surface area (Å²) in [5, 5.41) is 0.487. The zero-order valence-electron chi connectivity index (χ0n) is 18.3. The molecular formula is C27H24N2O3. The van der Waals surface area contributed by atoms with Crippen LogP contribution < -0.4 is 5.43 Å². The molecule has 0 saturated heterocycles. The number of pyridine rings is 1. The van der Waals surface area contributed by atoms with Gasteiger partial charge in [0, 0.05) is 18.9 Å². The highest BCUT2D eigenvalue weighted by atomic mass is 16.3. The van der Waals surface area contributed by atoms with Crippen molar-refractivity contribution in [1.29, 1.82) is 0 Å². The summed E-state index contributed by atoms with van der Waals surface area (Å²) in [6, 6.07) is 18.5. The molecule has 0 saturated carbocycles. The van der Waals surface area contributed by atoms with Crippen molar-refractivity contribution in [2.24, 2.45) is 0 Å². The molecular weight excluding hydrogens is 400 g/mol. The summed E-state index contributed by atoms with van der Waals surface area (Å²) in [6.07, 6.45) is 3.40. The molecule has 2 aromatic carbocycles. The Kier molecular flexibility index (Phi) is 4.70. The minimum Gasteiger partial charge on any atom is -0.450 e. The van der Waals surface area contributed by atoms with Gasteiger partial charge in [-0.05, 0) is 46.4 Å². The lowest BCUT2D eigenvalue weighted by Gasteiger charge is -2.26. The zero-order chi connectivity index (χ0) is 22.5. The van der Waals surface area contributed by atoms with Crippen LogP contribution in [0.5, 0.6) is 0 Å². The zero-order valence-corrected chi connectivity index (χ0v) is 18.3. The molecule has 0 fully saturated rings. The average molecular weight is 425 g/mol. The number of benzene rings is 2. The van der Waals surface area contributed by atoms with E-state index in [0.29, 0.717) is 23.1 Å². The summed E-state index contributed by atoms with van der Waals surface area (Å²) in [4.78, 5) is 32.8. The van der Waals surface area contributed by atoms with Crippen LogP contribution in [0.25, 0.3) is 11.0 Å². The third kappa shape index (κ3) is 3.30. The molecule has 4 aromatic rings. The fourth-order valence-corrected chi connectivity index (χ4v) is 4.33. The quantitative estimate of drug-likeness (QED) is 0.452. The van der Waals surface area contributed by atoms with Gasteiger partial charge in [0.25, 0.3) is 5.91 Å². The van der Waals surface area contributed by atoms with Gasteiger partial charge in [-0.3, -0.25) is 14.6 Å². The van der Waals surface area contributed by atoms with Crippen LogP contribution in [-0.4, -0.2) is 15.8 Å². The highest BCUT2D eigenvalue weighted by Gasteiger charge is 2.42. The van der Waals surface area contributed by atoms with Crippen LogP contribution >= 0.6 is 0 Å². The van der Waals surface area contributed by atoms with Crippen molar-refractivity contribution in [3.05, 3.63) is 111 Å². The standard InChI is InChI=1S/C27H24N2O3/c1-27(2,3)19-10-8-18(9-11-19)23-22-24(30)20-6-4-5-7-21(20)32-25(22)26(31)29(23)16-17-12-14-28-15-13-17/h4-15,23H,16H2,1-3H3. The number of nitrogens with zero attached hydrogens (tertiary/aromatic N) is 2. The van der Waals surface area contributed by atoms with Crippen LogP contribution in [-0.2, 0) is 12.0 Å². The molecule has 1 aliphatic heterocycles. The highest BCUT2D eigenvalue weighted by molar-refractivity contribution is 5.99. The summed E-state index contributed by atoms with van der Waals surface area (Å²) in [7, 11) is 0. The topological polar surface area (TPSA) is 63.4 Å². The Morgan fingerprint density at radius 1 is 0.938 bits per heavy atom. The van der Waals surface area contributed by atoms with Gasteiger partial charge in [0.1, 0.15) is 5.58 Å². The fourth-order valence-electron chi connectivity index (χ4n) is 4.33. The first kappa shape index (κ1) is 20.2. The number of rotatable bonds is 3. The minimum absolute atomic E-state index is 0.00783. The molecule has 0 radical (unpaired) electrons. The molecule has 0 N–H and O–H groups in total. The minimum atomic E-state index is -0.513. The monoisotopic (exact) mass is 424 g/mol. The molecule has 160 valence electrons. The number of hydrogen-bond acceptors (Lipinski definition) is 4. The van der Waals surface area contributed by atoms with Gasteiger partial charge in [0.2, 0.25) is 5.76 Å². The molecule has 2 aromatic heterocycles. The molecule has 5 heteroatoms. The van der Waals surface area contributed by atoms with Gasteiger partial charge < -0.3 is 9.32 Å². The van der Waals surface area contributed by atoms with E-state index in [1.54, 1.807) is 35.5 Å². The predicted octanol–water partition coefficient (Wildman–Crippen LogP) is 5.23. The maximum atomic E-state index is 13.5. The van der Waals surface area contributed by atoms with Crippen molar-refractivity contribution >= 4 is 16.9 Å². The number of amides is 1. The first-order chi connectivity index (χ1) is 15.3. The van der Waals surface area contributed by atoms with Crippen molar-refractivity contribution in [3.63, 3.8) is 0 Å². The molecule has 1 atom stereocenters. The molecule has 0 spiro atoms. The second-order valence-electron chi connectivity index (χ2n) is 9.23. The third-order valence-electron chi connectivity index (χ3n) is 6.07. The number of aromatic nitrogens is 1. The lowest BCUT2D eigenvalue weighted by molar-refractivity contribution is 0.0714. The molecule has 32 heavy (non-hydrogen) atoms. The van der Waals surface area contributed by atoms with Gasteiger partial charge in [0.05, 0.1) is 17.0 Å². The molecule has 3 heterocycles. The van der Waals surface area contributed by atoms with Crippen molar-refractivity contribution in [2.45, 2.75) is 38.8 Å². The van der Waals surface area contributed by atoms with E-state index in [4.69, 9.17) is 4.42 Å². The van der Waals surface area contributed by atoms with Gasteiger partial charge in [-0.25, -0.2) is 0 Å². The summed E-state index contributed by atoms with van der Waals surface area (Å²) < 4.78 is 5.99. The van der Waals surface area contributed by atoms with Crippen molar-refractivity contribution in [3.8, 4) is 0 Å². The summed E-state index contributed by atoms with van der Waals surface area (Å²) in [5.74, 6) is -0.141. The average Bonchev–Trinajstić information content (AvgIpc) is 3.06. The van der Waals surface area contributed by atoms with Crippen molar-refractivity contribution < 1.29 is 9.21 Å². The maximum absolute atomic E-state index is 13.5. The van der Waals surface area contributed by atoms with Crippen LogP contribution in [0.3, 0.4) is 0 Å². The third-order valence-corrected chi connectivity index (χ3v) is 6.07. The van der Waals surface area contributed by atoms with Gasteiger partial charge in [-0.2, -0.15) is 0 Å². The van der Waals surface area contributed by atoms with E-state index < -0.39 is 6.04 Å². The van der Waals surface area contributed by atoms with Crippen LogP contribution in [0.1, 0.15) is 59.6 Å². The Morgan fingerprint density at radius 2 is 1.62 bits per heavy atom. The first-order valence-corrected chi connectivity index (χ1v) is 10.7. The molecule has 1 amide bonds. The van der Waals surface area contributed by atoms with E-state index >= 15 is 0 Å². The second kappa shape index (κ2) is 7.45. The summed E-state index contributed by atoms with van der Waals surface area (Å²) in [6.45, 7) is 6.83. The van der Waals surface area contributed by atoms with Gasteiger partial charge in [0.15, 0.2) is 5.43 Å². The Bertz CT molecular complexity index is 1370. The van der Waals surface area contributed by atoms with E-state index in [0.717, 1.165) is 11.1 Å². The lowest BCUT2D eigenvalue weighted by Crippen LogP contribution is -2.29. The van der Waals surface area contributed by atoms with Gasteiger partial charge in [-0.15, -0.1) is 0 Å². The van der Waals surface area contributed by atoms with E-state index in [1.165, 1.54) is 5.56 Å². The van der Waals surface area contributed by atoms with Crippen LogP contribution in [0.2, 0.25) is 0 Å². The molecule has 0 bridgehead atoms. The SMILES string of the molecule is CC(C)(C)c1ccc(C2c3c(oc4ccccc4c3=O)C(=O)N2Cc2ccncc2)cc1. The first-order valence-electron chi connectivity index (χ1n) is 10.7. The predicted molar refractivity (Wildman–Crippen MR) is 124 cm³/mol. The van der Waals surface area contributed by atoms with Gasteiger partial charge >= 0.3 is 0 Å². The van der Waals surface area contributed by atoms with E-state index in [9.17, 15) is 9.59 Å². The Labute approximate surface area is 186 Å². The summed E-state index contributed by atoms with van der Waals surface area (Å²) in [5.41, 5.74) is 3.71. The highest BCUT2D eigenvalue weighted by Crippen LogP contribution is 2.39. The van der Waals surface area contributed by atoms with E-state index in [1.807, 2.05) is 30.3 Å². The molecule has 5 rings (SSSR count).